The van der Waals surface area contributed by atoms with E-state index in [-0.39, 0.29) is 11.8 Å². The van der Waals surface area contributed by atoms with E-state index in [1.807, 2.05) is 0 Å². The molecule has 0 bridgehead atoms. The summed E-state index contributed by atoms with van der Waals surface area (Å²) in [6.45, 7) is 4.45. The summed E-state index contributed by atoms with van der Waals surface area (Å²) in [6.07, 6.45) is 9.36. The highest BCUT2D eigenvalue weighted by molar-refractivity contribution is 5.79. The molecule has 2 aliphatic rings. The normalized spacial score (nSPS) is 17.2. The number of amides is 1. The Bertz CT molecular complexity index is 897. The summed E-state index contributed by atoms with van der Waals surface area (Å²) in [7, 11) is 4.11. The summed E-state index contributed by atoms with van der Waals surface area (Å²) in [6, 6.07) is 8.61. The number of hydrogen-bond acceptors (Lipinski definition) is 5. The molecule has 0 radical (unpaired) electrons. The molecule has 1 aromatic heterocycles. The first-order chi connectivity index (χ1) is 15.1. The molecule has 1 aliphatic heterocycles. The first-order valence-electron chi connectivity index (χ1n) is 11.4. The maximum atomic E-state index is 12.0. The van der Waals surface area contributed by atoms with Gasteiger partial charge in [-0.3, -0.25) is 9.69 Å². The molecule has 1 amide bonds. The number of benzene rings is 1. The van der Waals surface area contributed by atoms with Gasteiger partial charge in [0.1, 0.15) is 11.6 Å². The van der Waals surface area contributed by atoms with Gasteiger partial charge in [-0.05, 0) is 30.5 Å². The fraction of sp³-hybridized carbons (Fsp3) is 0.542. The van der Waals surface area contributed by atoms with E-state index in [1.165, 1.54) is 17.7 Å². The smallest absolute Gasteiger partial charge is 0.223 e. The Morgan fingerprint density at radius 3 is 2.68 bits per heavy atom. The Labute approximate surface area is 185 Å². The zero-order valence-electron chi connectivity index (χ0n) is 18.8. The zero-order valence-corrected chi connectivity index (χ0v) is 18.8. The van der Waals surface area contributed by atoms with Crippen LogP contribution in [0, 0.1) is 5.92 Å². The third-order valence-electron chi connectivity index (χ3n) is 6.40. The summed E-state index contributed by atoms with van der Waals surface area (Å²) >= 11 is 0. The minimum Gasteiger partial charge on any atom is -0.378 e. The van der Waals surface area contributed by atoms with Crippen molar-refractivity contribution >= 4 is 17.7 Å². The van der Waals surface area contributed by atoms with Gasteiger partial charge in [-0.25, -0.2) is 0 Å². The lowest BCUT2D eigenvalue weighted by Gasteiger charge is -2.23. The summed E-state index contributed by atoms with van der Waals surface area (Å²) < 4.78 is 2.25. The maximum Gasteiger partial charge on any atom is 0.223 e. The molecular formula is C24H34N6O. The highest BCUT2D eigenvalue weighted by Crippen LogP contribution is 2.26. The molecule has 0 unspecified atom stereocenters. The van der Waals surface area contributed by atoms with Crippen molar-refractivity contribution in [3.8, 4) is 0 Å². The van der Waals surface area contributed by atoms with Crippen LogP contribution in [-0.2, 0) is 24.2 Å². The Kier molecular flexibility index (Phi) is 7.02. The van der Waals surface area contributed by atoms with E-state index in [2.05, 4.69) is 80.4 Å². The van der Waals surface area contributed by atoms with Gasteiger partial charge in [-0.15, -0.1) is 10.2 Å². The van der Waals surface area contributed by atoms with Crippen molar-refractivity contribution in [1.29, 1.82) is 0 Å². The molecule has 2 heterocycles. The van der Waals surface area contributed by atoms with Crippen molar-refractivity contribution in [1.82, 2.24) is 25.0 Å². The van der Waals surface area contributed by atoms with Crippen LogP contribution in [-0.4, -0.2) is 65.8 Å². The molecule has 166 valence electrons. The molecule has 7 heteroatoms. The Morgan fingerprint density at radius 2 is 1.97 bits per heavy atom. The number of carbonyl (C=O) groups is 1. The van der Waals surface area contributed by atoms with Gasteiger partial charge < -0.3 is 14.8 Å². The van der Waals surface area contributed by atoms with Crippen molar-refractivity contribution in [2.75, 3.05) is 45.2 Å². The number of carbonyl (C=O) groups excluding carboxylic acids is 1. The number of fused-ring (bicyclic) bond motifs is 1. The van der Waals surface area contributed by atoms with Gasteiger partial charge in [0.15, 0.2) is 0 Å². The molecule has 2 aromatic rings. The molecular weight excluding hydrogens is 388 g/mol. The van der Waals surface area contributed by atoms with Crippen molar-refractivity contribution < 1.29 is 4.79 Å². The second kappa shape index (κ2) is 10.1. The van der Waals surface area contributed by atoms with E-state index < -0.39 is 0 Å². The Morgan fingerprint density at radius 1 is 1.16 bits per heavy atom. The van der Waals surface area contributed by atoms with Gasteiger partial charge >= 0.3 is 0 Å². The van der Waals surface area contributed by atoms with Crippen LogP contribution in [0.25, 0.3) is 6.08 Å². The largest absolute Gasteiger partial charge is 0.378 e. The minimum atomic E-state index is 0.205. The third-order valence-corrected chi connectivity index (χ3v) is 6.40. The van der Waals surface area contributed by atoms with Crippen LogP contribution >= 0.6 is 0 Å². The maximum absolute atomic E-state index is 12.0. The number of hydrogen-bond donors (Lipinski definition) is 1. The lowest BCUT2D eigenvalue weighted by atomic mass is 9.85. The molecule has 1 N–H and O–H groups in total. The monoisotopic (exact) mass is 422 g/mol. The van der Waals surface area contributed by atoms with E-state index >= 15 is 0 Å². The highest BCUT2D eigenvalue weighted by atomic mass is 16.1. The van der Waals surface area contributed by atoms with E-state index in [0.29, 0.717) is 6.54 Å². The summed E-state index contributed by atoms with van der Waals surface area (Å²) in [4.78, 5) is 16.6. The van der Waals surface area contributed by atoms with Gasteiger partial charge in [-0.2, -0.15) is 0 Å². The van der Waals surface area contributed by atoms with Gasteiger partial charge in [0.2, 0.25) is 5.91 Å². The van der Waals surface area contributed by atoms with Crippen LogP contribution in [0.2, 0.25) is 0 Å². The standard InChI is InChI=1S/C24H34N6O/c1-28(2)21-10-8-19(9-11-21)5-4-15-29-16-13-23-27-26-22(30(23)18-17-29)12-14-25-24(31)20-6-3-7-20/h4-5,8-11,20H,3,6-7,12-18H2,1-2H3,(H,25,31). The Balaban J connectivity index is 1.24. The molecule has 1 aliphatic carbocycles. The predicted octanol–water partition coefficient (Wildman–Crippen LogP) is 2.37. The Hall–Kier alpha value is -2.67. The summed E-state index contributed by atoms with van der Waals surface area (Å²) in [5.74, 6) is 2.49. The van der Waals surface area contributed by atoms with Crippen LogP contribution in [0.15, 0.2) is 30.3 Å². The molecule has 1 fully saturated rings. The molecule has 4 rings (SSSR count). The van der Waals surface area contributed by atoms with Gasteiger partial charge in [0.25, 0.3) is 0 Å². The highest BCUT2D eigenvalue weighted by Gasteiger charge is 2.25. The molecule has 31 heavy (non-hydrogen) atoms. The quantitative estimate of drug-likeness (QED) is 0.708. The lowest BCUT2D eigenvalue weighted by Crippen LogP contribution is -2.35. The predicted molar refractivity (Wildman–Crippen MR) is 124 cm³/mol. The topological polar surface area (TPSA) is 66.3 Å². The second-order valence-corrected chi connectivity index (χ2v) is 8.79. The van der Waals surface area contributed by atoms with Gasteiger partial charge in [-0.1, -0.05) is 30.7 Å². The molecule has 7 nitrogen and oxygen atoms in total. The molecule has 0 atom stereocenters. The molecule has 1 aromatic carbocycles. The average molecular weight is 423 g/mol. The third kappa shape index (κ3) is 5.53. The molecule has 0 spiro atoms. The van der Waals surface area contributed by atoms with Crippen molar-refractivity contribution in [3.63, 3.8) is 0 Å². The minimum absolute atomic E-state index is 0.205. The van der Waals surface area contributed by atoms with Crippen LogP contribution < -0.4 is 10.2 Å². The van der Waals surface area contributed by atoms with E-state index in [4.69, 9.17) is 0 Å². The zero-order chi connectivity index (χ0) is 21.6. The van der Waals surface area contributed by atoms with E-state index in [1.54, 1.807) is 0 Å². The number of nitrogens with zero attached hydrogens (tertiary/aromatic N) is 5. The van der Waals surface area contributed by atoms with E-state index in [9.17, 15) is 4.79 Å². The van der Waals surface area contributed by atoms with Crippen molar-refractivity contribution in [2.24, 2.45) is 5.92 Å². The second-order valence-electron chi connectivity index (χ2n) is 8.79. The van der Waals surface area contributed by atoms with Gasteiger partial charge in [0, 0.05) is 71.3 Å². The summed E-state index contributed by atoms with van der Waals surface area (Å²) in [5.41, 5.74) is 2.44. The lowest BCUT2D eigenvalue weighted by molar-refractivity contribution is -0.127. The average Bonchev–Trinajstić information content (AvgIpc) is 2.98. The van der Waals surface area contributed by atoms with E-state index in [0.717, 1.165) is 63.5 Å². The number of nitrogens with one attached hydrogen (secondary N) is 1. The van der Waals surface area contributed by atoms with Crippen LogP contribution in [0.3, 0.4) is 0 Å². The number of aromatic nitrogens is 3. The fourth-order valence-electron chi connectivity index (χ4n) is 4.13. The first kappa shape index (κ1) is 21.6. The fourth-order valence-corrected chi connectivity index (χ4v) is 4.13. The van der Waals surface area contributed by atoms with Crippen LogP contribution in [0.5, 0.6) is 0 Å². The summed E-state index contributed by atoms with van der Waals surface area (Å²) in [5, 5.41) is 11.9. The van der Waals surface area contributed by atoms with Crippen LogP contribution in [0.1, 0.15) is 36.5 Å². The number of rotatable bonds is 8. The van der Waals surface area contributed by atoms with Crippen molar-refractivity contribution in [2.45, 2.75) is 38.6 Å². The van der Waals surface area contributed by atoms with Gasteiger partial charge in [0.05, 0.1) is 0 Å². The molecule has 1 saturated carbocycles. The SMILES string of the molecule is CN(C)c1ccc(C=CCN2CCc3nnc(CCNC(=O)C4CCC4)n3CC2)cc1. The van der Waals surface area contributed by atoms with Crippen LogP contribution in [0.4, 0.5) is 5.69 Å². The molecule has 0 saturated heterocycles. The van der Waals surface area contributed by atoms with Crippen molar-refractivity contribution in [3.05, 3.63) is 47.6 Å². The first-order valence-corrected chi connectivity index (χ1v) is 11.4. The number of anilines is 1.